The molecular formula is C28H44ClN3O5S. The van der Waals surface area contributed by atoms with Gasteiger partial charge in [-0.05, 0) is 48.9 Å². The minimum absolute atomic E-state index is 0. The van der Waals surface area contributed by atoms with Crippen molar-refractivity contribution in [2.24, 2.45) is 0 Å². The van der Waals surface area contributed by atoms with Crippen molar-refractivity contribution in [3.8, 4) is 5.75 Å². The molecule has 0 fully saturated rings. The molecule has 214 valence electrons. The van der Waals surface area contributed by atoms with E-state index in [4.69, 9.17) is 4.74 Å². The van der Waals surface area contributed by atoms with Gasteiger partial charge in [-0.3, -0.25) is 4.79 Å². The van der Waals surface area contributed by atoms with Crippen LogP contribution in [0.1, 0.15) is 50.7 Å². The summed E-state index contributed by atoms with van der Waals surface area (Å²) in [5.74, 6) is 0.443. The van der Waals surface area contributed by atoms with Gasteiger partial charge < -0.3 is 20.5 Å². The summed E-state index contributed by atoms with van der Waals surface area (Å²) in [4.78, 5) is 12.8. The number of amides is 1. The zero-order valence-electron chi connectivity index (χ0n) is 22.8. The summed E-state index contributed by atoms with van der Waals surface area (Å²) >= 11 is 0. The lowest BCUT2D eigenvalue weighted by Gasteiger charge is -2.25. The van der Waals surface area contributed by atoms with E-state index in [1.54, 1.807) is 7.11 Å². The maximum absolute atomic E-state index is 12.8. The number of nitrogens with one attached hydrogen (secondary N) is 2. The lowest BCUT2D eigenvalue weighted by Crippen LogP contribution is -2.48. The monoisotopic (exact) mass is 569 g/mol. The standard InChI is InChI=1S/C28H43N3O5S.ClH/c1-4-16-31(17-5-2)37(34,35)18-10-15-28(33)30-26(20-23-11-7-6-8-12-23)27(32)22-29-21-24-13-9-14-25(19-24)36-3;/h6-9,11-14,19,26-27,29,32H,4-5,10,15-18,20-22H2,1-3H3,(H,30,33);1H/t26-,27+;/m0./s1. The van der Waals surface area contributed by atoms with Gasteiger partial charge in [-0.15, -0.1) is 12.4 Å². The second kappa shape index (κ2) is 18.2. The predicted molar refractivity (Wildman–Crippen MR) is 155 cm³/mol. The number of hydrogen-bond acceptors (Lipinski definition) is 6. The molecule has 0 saturated heterocycles. The Kier molecular flexibility index (Phi) is 16.2. The second-order valence-corrected chi connectivity index (χ2v) is 11.3. The van der Waals surface area contributed by atoms with Crippen LogP contribution in [0.5, 0.6) is 5.75 Å². The van der Waals surface area contributed by atoms with Gasteiger partial charge in [-0.2, -0.15) is 0 Å². The third-order valence-electron chi connectivity index (χ3n) is 6.07. The molecular weight excluding hydrogens is 526 g/mol. The summed E-state index contributed by atoms with van der Waals surface area (Å²) in [6.07, 6.45) is 1.46. The Morgan fingerprint density at radius 3 is 2.32 bits per heavy atom. The average molecular weight is 570 g/mol. The fourth-order valence-electron chi connectivity index (χ4n) is 4.15. The Hall–Kier alpha value is -2.17. The number of hydrogen-bond donors (Lipinski definition) is 3. The van der Waals surface area contributed by atoms with E-state index in [2.05, 4.69) is 10.6 Å². The predicted octanol–water partition coefficient (Wildman–Crippen LogP) is 3.53. The van der Waals surface area contributed by atoms with E-state index >= 15 is 0 Å². The number of rotatable bonds is 18. The molecule has 1 amide bonds. The largest absolute Gasteiger partial charge is 0.497 e. The number of halogens is 1. The molecule has 0 aliphatic carbocycles. The van der Waals surface area contributed by atoms with Gasteiger partial charge in [-0.1, -0.05) is 56.3 Å². The quantitative estimate of drug-likeness (QED) is 0.253. The van der Waals surface area contributed by atoms with E-state index in [1.165, 1.54) is 4.31 Å². The van der Waals surface area contributed by atoms with Gasteiger partial charge in [0.1, 0.15) is 5.75 Å². The second-order valence-electron chi connectivity index (χ2n) is 9.23. The van der Waals surface area contributed by atoms with Crippen LogP contribution in [0, 0.1) is 0 Å². The molecule has 0 bridgehead atoms. The highest BCUT2D eigenvalue weighted by Crippen LogP contribution is 2.13. The van der Waals surface area contributed by atoms with Crippen molar-refractivity contribution in [3.05, 3.63) is 65.7 Å². The summed E-state index contributed by atoms with van der Waals surface area (Å²) in [5.41, 5.74) is 2.02. The number of benzene rings is 2. The Bertz CT molecular complexity index is 1030. The fraction of sp³-hybridized carbons (Fsp3) is 0.536. The third kappa shape index (κ3) is 12.1. The molecule has 3 N–H and O–H groups in total. The van der Waals surface area contributed by atoms with Crippen LogP contribution in [0.15, 0.2) is 54.6 Å². The van der Waals surface area contributed by atoms with Gasteiger partial charge in [0.15, 0.2) is 0 Å². The first kappa shape index (κ1) is 33.9. The molecule has 2 rings (SSSR count). The normalized spacial score (nSPS) is 13.0. The summed E-state index contributed by atoms with van der Waals surface area (Å²) < 4.78 is 32.1. The van der Waals surface area contributed by atoms with E-state index in [9.17, 15) is 18.3 Å². The maximum atomic E-state index is 12.8. The first-order valence-electron chi connectivity index (χ1n) is 13.1. The van der Waals surface area contributed by atoms with Crippen molar-refractivity contribution >= 4 is 28.3 Å². The maximum Gasteiger partial charge on any atom is 0.220 e. The number of ether oxygens (including phenoxy) is 1. The first-order chi connectivity index (χ1) is 17.8. The van der Waals surface area contributed by atoms with Crippen molar-refractivity contribution in [2.45, 2.75) is 64.6 Å². The smallest absolute Gasteiger partial charge is 0.220 e. The average Bonchev–Trinajstić information content (AvgIpc) is 2.88. The topological polar surface area (TPSA) is 108 Å². The summed E-state index contributed by atoms with van der Waals surface area (Å²) in [5, 5.41) is 17.1. The molecule has 0 aliphatic heterocycles. The molecule has 2 aromatic rings. The van der Waals surface area contributed by atoms with Gasteiger partial charge in [0.05, 0.1) is 25.0 Å². The number of sulfonamides is 1. The van der Waals surface area contributed by atoms with Crippen molar-refractivity contribution < 1.29 is 23.1 Å². The van der Waals surface area contributed by atoms with Crippen molar-refractivity contribution in [3.63, 3.8) is 0 Å². The molecule has 0 heterocycles. The zero-order valence-corrected chi connectivity index (χ0v) is 24.4. The summed E-state index contributed by atoms with van der Waals surface area (Å²) in [6.45, 7) is 5.73. The number of carbonyl (C=O) groups is 1. The first-order valence-corrected chi connectivity index (χ1v) is 14.7. The molecule has 0 aromatic heterocycles. The van der Waals surface area contributed by atoms with Crippen LogP contribution in [0.4, 0.5) is 0 Å². The molecule has 0 aliphatic rings. The number of aliphatic hydroxyl groups excluding tert-OH is 1. The number of aliphatic hydroxyl groups is 1. The highest BCUT2D eigenvalue weighted by Gasteiger charge is 2.23. The van der Waals surface area contributed by atoms with E-state index in [0.717, 1.165) is 29.7 Å². The van der Waals surface area contributed by atoms with Crippen LogP contribution in [-0.2, 0) is 27.8 Å². The highest BCUT2D eigenvalue weighted by atomic mass is 35.5. The van der Waals surface area contributed by atoms with Crippen molar-refractivity contribution in [2.75, 3.05) is 32.5 Å². The van der Waals surface area contributed by atoms with E-state index in [-0.39, 0.29) is 43.5 Å². The van der Waals surface area contributed by atoms with Crippen LogP contribution in [-0.4, -0.2) is 68.4 Å². The lowest BCUT2D eigenvalue weighted by molar-refractivity contribution is -0.122. The van der Waals surface area contributed by atoms with E-state index < -0.39 is 22.2 Å². The van der Waals surface area contributed by atoms with Gasteiger partial charge in [0, 0.05) is 32.6 Å². The molecule has 0 saturated carbocycles. The van der Waals surface area contributed by atoms with Crippen LogP contribution < -0.4 is 15.4 Å². The third-order valence-corrected chi connectivity index (χ3v) is 8.03. The highest BCUT2D eigenvalue weighted by molar-refractivity contribution is 7.89. The SMILES string of the molecule is CCCN(CCC)S(=O)(=O)CCCC(=O)N[C@@H](Cc1ccccc1)[C@H](O)CNCc1cccc(OC)c1.Cl. The molecule has 2 atom stereocenters. The van der Waals surface area contributed by atoms with Crippen LogP contribution in [0.2, 0.25) is 0 Å². The van der Waals surface area contributed by atoms with Gasteiger partial charge in [0.25, 0.3) is 0 Å². The zero-order chi connectivity index (χ0) is 27.1. The molecule has 0 radical (unpaired) electrons. The Labute approximate surface area is 234 Å². The van der Waals surface area contributed by atoms with Crippen LogP contribution >= 0.6 is 12.4 Å². The molecule has 2 aromatic carbocycles. The van der Waals surface area contributed by atoms with E-state index in [1.807, 2.05) is 68.4 Å². The molecule has 0 unspecified atom stereocenters. The Balaban J connectivity index is 0.00000722. The Morgan fingerprint density at radius 2 is 1.68 bits per heavy atom. The molecule has 10 heteroatoms. The van der Waals surface area contributed by atoms with Crippen LogP contribution in [0.25, 0.3) is 0 Å². The van der Waals surface area contributed by atoms with Gasteiger partial charge >= 0.3 is 0 Å². The summed E-state index contributed by atoms with van der Waals surface area (Å²) in [6, 6.07) is 16.9. The minimum atomic E-state index is -3.39. The molecule has 0 spiro atoms. The Morgan fingerprint density at radius 1 is 1.03 bits per heavy atom. The fourth-order valence-corrected chi connectivity index (χ4v) is 5.84. The lowest BCUT2D eigenvalue weighted by atomic mass is 10.0. The number of carbonyl (C=O) groups excluding carboxylic acids is 1. The van der Waals surface area contributed by atoms with Gasteiger partial charge in [-0.25, -0.2) is 12.7 Å². The van der Waals surface area contributed by atoms with Crippen molar-refractivity contribution in [1.82, 2.24) is 14.9 Å². The minimum Gasteiger partial charge on any atom is -0.497 e. The molecule has 38 heavy (non-hydrogen) atoms. The number of nitrogens with zero attached hydrogens (tertiary/aromatic N) is 1. The number of methoxy groups -OCH3 is 1. The van der Waals surface area contributed by atoms with Crippen LogP contribution in [0.3, 0.4) is 0 Å². The van der Waals surface area contributed by atoms with Crippen molar-refractivity contribution in [1.29, 1.82) is 0 Å². The van der Waals surface area contributed by atoms with E-state index in [0.29, 0.717) is 26.1 Å². The summed E-state index contributed by atoms with van der Waals surface area (Å²) in [7, 11) is -1.77. The molecule has 8 nitrogen and oxygen atoms in total. The van der Waals surface area contributed by atoms with Gasteiger partial charge in [0.2, 0.25) is 15.9 Å².